The average Bonchev–Trinajstić information content (AvgIpc) is 2.84. The number of aromatic nitrogens is 2. The zero-order valence-corrected chi connectivity index (χ0v) is 12.4. The van der Waals surface area contributed by atoms with Gasteiger partial charge in [0.25, 0.3) is 10.0 Å². The highest BCUT2D eigenvalue weighted by atomic mass is 32.2. The number of hydrogen-bond donors (Lipinski definition) is 1. The van der Waals surface area contributed by atoms with E-state index in [1.807, 2.05) is 0 Å². The van der Waals surface area contributed by atoms with Crippen LogP contribution in [0, 0.1) is 5.92 Å². The maximum atomic E-state index is 12.3. The third-order valence-electron chi connectivity index (χ3n) is 3.76. The second-order valence-corrected chi connectivity index (χ2v) is 7.09. The normalized spacial score (nSPS) is 18.1. The maximum Gasteiger partial charge on any atom is 0.259 e. The number of sulfonamides is 1. The van der Waals surface area contributed by atoms with Crippen LogP contribution in [-0.2, 0) is 17.1 Å². The van der Waals surface area contributed by atoms with Gasteiger partial charge in [0.2, 0.25) is 0 Å². The molecule has 1 saturated heterocycles. The van der Waals surface area contributed by atoms with E-state index in [9.17, 15) is 8.42 Å². The van der Waals surface area contributed by atoms with E-state index in [0.29, 0.717) is 12.5 Å². The summed E-state index contributed by atoms with van der Waals surface area (Å²) in [5.74, 6) is 0.630. The smallest absolute Gasteiger partial charge is 0.259 e. The summed E-state index contributed by atoms with van der Waals surface area (Å²) in [4.78, 5) is 0. The van der Waals surface area contributed by atoms with Crippen LogP contribution in [0.15, 0.2) is 17.3 Å². The van der Waals surface area contributed by atoms with E-state index in [-0.39, 0.29) is 5.03 Å². The quantitative estimate of drug-likeness (QED) is 0.852. The lowest BCUT2D eigenvalue weighted by Crippen LogP contribution is -2.33. The summed E-state index contributed by atoms with van der Waals surface area (Å²) in [5, 5.41) is 7.49. The Kier molecular flexibility index (Phi) is 4.59. The summed E-state index contributed by atoms with van der Waals surface area (Å²) in [6.07, 6.45) is 4.71. The van der Waals surface area contributed by atoms with Crippen LogP contribution >= 0.6 is 0 Å². The maximum absolute atomic E-state index is 12.3. The van der Waals surface area contributed by atoms with Gasteiger partial charge in [-0.15, -0.1) is 0 Å². The van der Waals surface area contributed by atoms with Crippen molar-refractivity contribution in [3.05, 3.63) is 12.3 Å². The first-order chi connectivity index (χ1) is 9.01. The van der Waals surface area contributed by atoms with Crippen molar-refractivity contribution in [2.45, 2.75) is 24.3 Å². The molecule has 0 spiro atoms. The topological polar surface area (TPSA) is 67.2 Å². The Bertz CT molecular complexity index is 506. The molecule has 1 aromatic heterocycles. The molecule has 0 aromatic carbocycles. The summed E-state index contributed by atoms with van der Waals surface area (Å²) in [6.45, 7) is 2.66. The lowest BCUT2D eigenvalue weighted by atomic mass is 9.95. The minimum atomic E-state index is -3.41. The van der Waals surface area contributed by atoms with Crippen LogP contribution < -0.4 is 5.32 Å². The standard InChI is InChI=1S/C12H22N4O2S/c1-15(10-6-11-3-7-13-8-4-11)19(17,18)12-5-9-14-16(12)2/h5,9,11,13H,3-4,6-8,10H2,1-2H3. The molecular weight excluding hydrogens is 264 g/mol. The molecule has 0 bridgehead atoms. The van der Waals surface area contributed by atoms with Gasteiger partial charge in [-0.3, -0.25) is 4.68 Å². The largest absolute Gasteiger partial charge is 0.317 e. The second-order valence-electron chi connectivity index (χ2n) is 5.10. The van der Waals surface area contributed by atoms with Crippen LogP contribution in [0.3, 0.4) is 0 Å². The molecule has 19 heavy (non-hydrogen) atoms. The molecule has 6 nitrogen and oxygen atoms in total. The van der Waals surface area contributed by atoms with Gasteiger partial charge in [-0.2, -0.15) is 9.40 Å². The molecule has 1 aromatic rings. The van der Waals surface area contributed by atoms with E-state index in [1.165, 1.54) is 21.3 Å². The zero-order valence-electron chi connectivity index (χ0n) is 11.5. The summed E-state index contributed by atoms with van der Waals surface area (Å²) < 4.78 is 27.5. The minimum absolute atomic E-state index is 0.250. The van der Waals surface area contributed by atoms with Gasteiger partial charge in [-0.1, -0.05) is 0 Å². The van der Waals surface area contributed by atoms with Crippen molar-refractivity contribution < 1.29 is 8.42 Å². The van der Waals surface area contributed by atoms with Gasteiger partial charge in [-0.25, -0.2) is 8.42 Å². The summed E-state index contributed by atoms with van der Waals surface area (Å²) in [7, 11) is -0.120. The van der Waals surface area contributed by atoms with Crippen molar-refractivity contribution in [3.8, 4) is 0 Å². The van der Waals surface area contributed by atoms with E-state index in [2.05, 4.69) is 10.4 Å². The molecule has 1 aliphatic heterocycles. The third kappa shape index (κ3) is 3.34. The van der Waals surface area contributed by atoms with Crippen molar-refractivity contribution in [1.29, 1.82) is 0 Å². The summed E-state index contributed by atoms with van der Waals surface area (Å²) in [5.41, 5.74) is 0. The van der Waals surface area contributed by atoms with Gasteiger partial charge < -0.3 is 5.32 Å². The first-order valence-electron chi connectivity index (χ1n) is 6.67. The fraction of sp³-hybridized carbons (Fsp3) is 0.750. The Hall–Kier alpha value is -0.920. The van der Waals surface area contributed by atoms with Gasteiger partial charge in [0, 0.05) is 20.6 Å². The van der Waals surface area contributed by atoms with E-state index < -0.39 is 10.0 Å². The molecule has 1 N–H and O–H groups in total. The number of hydrogen-bond acceptors (Lipinski definition) is 4. The molecule has 0 radical (unpaired) electrons. The fourth-order valence-corrected chi connectivity index (χ4v) is 3.71. The van der Waals surface area contributed by atoms with Crippen LogP contribution in [0.2, 0.25) is 0 Å². The Morgan fingerprint density at radius 1 is 1.47 bits per heavy atom. The highest BCUT2D eigenvalue weighted by Crippen LogP contribution is 2.19. The van der Waals surface area contributed by atoms with Crippen LogP contribution in [0.1, 0.15) is 19.3 Å². The minimum Gasteiger partial charge on any atom is -0.317 e. The monoisotopic (exact) mass is 286 g/mol. The molecule has 0 aliphatic carbocycles. The number of nitrogens with zero attached hydrogens (tertiary/aromatic N) is 3. The van der Waals surface area contributed by atoms with E-state index in [1.54, 1.807) is 14.1 Å². The second kappa shape index (κ2) is 6.02. The van der Waals surface area contributed by atoms with Crippen molar-refractivity contribution in [1.82, 2.24) is 19.4 Å². The number of nitrogens with one attached hydrogen (secondary N) is 1. The number of rotatable bonds is 5. The molecule has 0 atom stereocenters. The van der Waals surface area contributed by atoms with Crippen LogP contribution in [0.4, 0.5) is 0 Å². The molecule has 2 rings (SSSR count). The highest BCUT2D eigenvalue weighted by Gasteiger charge is 2.24. The van der Waals surface area contributed by atoms with E-state index >= 15 is 0 Å². The predicted molar refractivity (Wildman–Crippen MR) is 73.2 cm³/mol. The molecule has 1 aliphatic rings. The van der Waals surface area contributed by atoms with Crippen molar-refractivity contribution in [2.75, 3.05) is 26.7 Å². The SMILES string of the molecule is CN(CCC1CCNCC1)S(=O)(=O)c1ccnn1C. The first kappa shape index (κ1) is 14.5. The predicted octanol–water partition coefficient (Wildman–Crippen LogP) is 0.430. The molecular formula is C12H22N4O2S. The first-order valence-corrected chi connectivity index (χ1v) is 8.11. The van der Waals surface area contributed by atoms with Crippen LogP contribution in [0.5, 0.6) is 0 Å². The fourth-order valence-electron chi connectivity index (χ4n) is 2.43. The third-order valence-corrected chi connectivity index (χ3v) is 5.69. The molecule has 1 fully saturated rings. The van der Waals surface area contributed by atoms with Crippen LogP contribution in [0.25, 0.3) is 0 Å². The number of piperidine rings is 1. The molecule has 7 heteroatoms. The molecule has 0 saturated carbocycles. The van der Waals surface area contributed by atoms with E-state index in [0.717, 1.165) is 32.4 Å². The van der Waals surface area contributed by atoms with Crippen molar-refractivity contribution >= 4 is 10.0 Å². The van der Waals surface area contributed by atoms with Gasteiger partial charge in [0.1, 0.15) is 0 Å². The van der Waals surface area contributed by atoms with Crippen LogP contribution in [-0.4, -0.2) is 49.2 Å². The van der Waals surface area contributed by atoms with Gasteiger partial charge in [-0.05, 0) is 44.3 Å². The van der Waals surface area contributed by atoms with Gasteiger partial charge in [0.15, 0.2) is 5.03 Å². The number of aryl methyl sites for hydroxylation is 1. The Morgan fingerprint density at radius 2 is 2.16 bits per heavy atom. The Labute approximate surface area is 114 Å². The van der Waals surface area contributed by atoms with Crippen molar-refractivity contribution in [3.63, 3.8) is 0 Å². The molecule has 0 unspecified atom stereocenters. The zero-order chi connectivity index (χ0) is 13.9. The molecule has 0 amide bonds. The molecule has 2 heterocycles. The average molecular weight is 286 g/mol. The van der Waals surface area contributed by atoms with E-state index in [4.69, 9.17) is 0 Å². The Balaban J connectivity index is 1.95. The van der Waals surface area contributed by atoms with Gasteiger partial charge >= 0.3 is 0 Å². The van der Waals surface area contributed by atoms with Gasteiger partial charge in [0.05, 0.1) is 6.20 Å². The Morgan fingerprint density at radius 3 is 2.74 bits per heavy atom. The molecule has 108 valence electrons. The lowest BCUT2D eigenvalue weighted by molar-refractivity contribution is 0.325. The summed E-state index contributed by atoms with van der Waals surface area (Å²) >= 11 is 0. The summed E-state index contributed by atoms with van der Waals surface area (Å²) in [6, 6.07) is 1.54. The lowest BCUT2D eigenvalue weighted by Gasteiger charge is -2.25. The van der Waals surface area contributed by atoms with Crippen molar-refractivity contribution in [2.24, 2.45) is 13.0 Å². The highest BCUT2D eigenvalue weighted by molar-refractivity contribution is 7.89.